The van der Waals surface area contributed by atoms with Gasteiger partial charge < -0.3 is 0 Å². The number of halogens is 2. The van der Waals surface area contributed by atoms with Crippen molar-refractivity contribution in [1.29, 1.82) is 0 Å². The molecular formula is C4H8Cl2Ru. The first-order chi connectivity index (χ1) is 3.13. The minimum absolute atomic E-state index is 0.550. The summed E-state index contributed by atoms with van der Waals surface area (Å²) < 4.78 is 2.01. The second kappa shape index (κ2) is 4.00. The fraction of sp³-hybridized carbons (Fsp3) is 0.750. The predicted molar refractivity (Wildman–Crippen MR) is 32.6 cm³/mol. The van der Waals surface area contributed by atoms with E-state index in [0.717, 1.165) is 0 Å². The van der Waals surface area contributed by atoms with Gasteiger partial charge in [-0.2, -0.15) is 0 Å². The third-order valence-corrected chi connectivity index (χ3v) is 2.98. The van der Waals surface area contributed by atoms with E-state index in [9.17, 15) is 0 Å². The summed E-state index contributed by atoms with van der Waals surface area (Å²) in [6.07, 6.45) is 0. The van der Waals surface area contributed by atoms with Gasteiger partial charge in [0.25, 0.3) is 0 Å². The van der Waals surface area contributed by atoms with E-state index in [1.165, 1.54) is 0 Å². The van der Waals surface area contributed by atoms with E-state index in [-0.39, 0.29) is 0 Å². The summed E-state index contributed by atoms with van der Waals surface area (Å²) in [5.74, 6) is 0.550. The third kappa shape index (κ3) is 7.07. The van der Waals surface area contributed by atoms with Gasteiger partial charge in [0.15, 0.2) is 0 Å². The van der Waals surface area contributed by atoms with Gasteiger partial charge in [0.1, 0.15) is 0 Å². The molecule has 0 bridgehead atoms. The molecule has 0 nitrogen and oxygen atoms in total. The van der Waals surface area contributed by atoms with Gasteiger partial charge in [0.05, 0.1) is 0 Å². The zero-order valence-corrected chi connectivity index (χ0v) is 7.51. The van der Waals surface area contributed by atoms with E-state index in [1.807, 2.05) is 4.61 Å². The second-order valence-electron chi connectivity index (χ2n) is 1.57. The van der Waals surface area contributed by atoms with Crippen molar-refractivity contribution in [3.05, 3.63) is 0 Å². The Kier molecular flexibility index (Phi) is 4.62. The Morgan fingerprint density at radius 1 is 1.43 bits per heavy atom. The molecule has 0 radical (unpaired) electrons. The molecule has 0 fully saturated rings. The van der Waals surface area contributed by atoms with E-state index >= 15 is 0 Å². The third-order valence-electron chi connectivity index (χ3n) is 0.325. The fourth-order valence-electron chi connectivity index (χ4n) is 0.178. The van der Waals surface area contributed by atoms with Crippen LogP contribution in [0.3, 0.4) is 0 Å². The molecule has 0 atom stereocenters. The van der Waals surface area contributed by atoms with Crippen LogP contribution >= 0.6 is 19.4 Å². The summed E-state index contributed by atoms with van der Waals surface area (Å²) in [5.41, 5.74) is 0. The molecule has 0 unspecified atom stereocenters. The summed E-state index contributed by atoms with van der Waals surface area (Å²) in [4.78, 5) is 0. The monoisotopic (exact) mass is 228 g/mol. The molecule has 0 rings (SSSR count). The maximum atomic E-state index is 5.53. The van der Waals surface area contributed by atoms with Crippen molar-refractivity contribution in [2.45, 2.75) is 13.8 Å². The molecule has 0 amide bonds. The van der Waals surface area contributed by atoms with Gasteiger partial charge in [-0.25, -0.2) is 0 Å². The standard InChI is InChI=1S/C4H8.2ClH.Ru/c1-4(2)3;;;/h1,4H,2-3H3;2*1H;/q;;;+2/p-2. The topological polar surface area (TPSA) is 0 Å². The van der Waals surface area contributed by atoms with Crippen LogP contribution in [0.15, 0.2) is 0 Å². The molecule has 0 N–H and O–H groups in total. The number of hydrogen-bond donors (Lipinski definition) is 0. The summed E-state index contributed by atoms with van der Waals surface area (Å²) in [5, 5.41) is 0. The first-order valence-corrected chi connectivity index (χ1v) is 7.44. The Labute approximate surface area is 57.3 Å². The average molecular weight is 228 g/mol. The molecule has 0 heterocycles. The van der Waals surface area contributed by atoms with E-state index in [0.29, 0.717) is 5.92 Å². The summed E-state index contributed by atoms with van der Waals surface area (Å²) >= 11 is -1.44. The molecule has 0 saturated carbocycles. The molecule has 7 heavy (non-hydrogen) atoms. The Morgan fingerprint density at radius 2 is 1.86 bits per heavy atom. The zero-order valence-electron chi connectivity index (χ0n) is 4.26. The van der Waals surface area contributed by atoms with Crippen LogP contribution in [-0.2, 0) is 13.5 Å². The van der Waals surface area contributed by atoms with E-state index < -0.39 is 13.5 Å². The number of rotatable bonds is 1. The maximum absolute atomic E-state index is 5.53. The van der Waals surface area contributed by atoms with Gasteiger partial charge in [-0.1, -0.05) is 0 Å². The fourth-order valence-corrected chi connectivity index (χ4v) is 3.16. The second-order valence-corrected chi connectivity index (χ2v) is 7.37. The van der Waals surface area contributed by atoms with Gasteiger partial charge >= 0.3 is 57.3 Å². The summed E-state index contributed by atoms with van der Waals surface area (Å²) in [7, 11) is 11.1. The van der Waals surface area contributed by atoms with Crippen LogP contribution in [0.1, 0.15) is 13.8 Å². The van der Waals surface area contributed by atoms with Gasteiger partial charge in [0, 0.05) is 0 Å². The normalized spacial score (nSPS) is 11.9. The SMILES string of the molecule is CC(C)[CH]=[Ru]([Cl])[Cl]. The Hall–Kier alpha value is 1.07. The Balaban J connectivity index is 3.45. The molecule has 0 aliphatic heterocycles. The van der Waals surface area contributed by atoms with Gasteiger partial charge in [-0.15, -0.1) is 0 Å². The number of hydrogen-bond acceptors (Lipinski definition) is 0. The van der Waals surface area contributed by atoms with E-state index in [1.54, 1.807) is 0 Å². The van der Waals surface area contributed by atoms with E-state index in [4.69, 9.17) is 19.4 Å². The quantitative estimate of drug-likeness (QED) is 0.604. The molecule has 0 saturated heterocycles. The zero-order chi connectivity index (χ0) is 5.86. The minimum atomic E-state index is -1.44. The molecule has 0 spiro atoms. The van der Waals surface area contributed by atoms with Crippen LogP contribution in [0.25, 0.3) is 0 Å². The Bertz CT molecular complexity index is 73.8. The molecule has 3 heteroatoms. The van der Waals surface area contributed by atoms with Gasteiger partial charge in [0.2, 0.25) is 0 Å². The van der Waals surface area contributed by atoms with Crippen molar-refractivity contribution >= 4 is 24.0 Å². The summed E-state index contributed by atoms with van der Waals surface area (Å²) in [6.45, 7) is 4.15. The Morgan fingerprint density at radius 3 is 1.86 bits per heavy atom. The summed E-state index contributed by atoms with van der Waals surface area (Å²) in [6, 6.07) is 0. The predicted octanol–water partition coefficient (Wildman–Crippen LogP) is 2.37. The molecule has 0 aromatic heterocycles. The van der Waals surface area contributed by atoms with Crippen LogP contribution in [-0.4, -0.2) is 4.61 Å². The molecular weight excluding hydrogens is 220 g/mol. The van der Waals surface area contributed by atoms with Gasteiger partial charge in [-0.3, -0.25) is 0 Å². The van der Waals surface area contributed by atoms with Crippen molar-refractivity contribution in [3.8, 4) is 0 Å². The van der Waals surface area contributed by atoms with Crippen LogP contribution in [0, 0.1) is 5.92 Å². The van der Waals surface area contributed by atoms with E-state index in [2.05, 4.69) is 13.8 Å². The van der Waals surface area contributed by atoms with Crippen molar-refractivity contribution in [1.82, 2.24) is 0 Å². The molecule has 0 aromatic carbocycles. The van der Waals surface area contributed by atoms with Crippen molar-refractivity contribution in [2.24, 2.45) is 5.92 Å². The average Bonchev–Trinajstić information content (AvgIpc) is 1.27. The van der Waals surface area contributed by atoms with Gasteiger partial charge in [-0.05, 0) is 0 Å². The van der Waals surface area contributed by atoms with Crippen LogP contribution in [0.5, 0.6) is 0 Å². The van der Waals surface area contributed by atoms with Crippen LogP contribution < -0.4 is 0 Å². The molecule has 0 aliphatic rings. The van der Waals surface area contributed by atoms with Crippen LogP contribution in [0.2, 0.25) is 0 Å². The van der Waals surface area contributed by atoms with Crippen LogP contribution in [0.4, 0.5) is 0 Å². The van der Waals surface area contributed by atoms with Crippen molar-refractivity contribution in [2.75, 3.05) is 0 Å². The molecule has 46 valence electrons. The first-order valence-electron chi connectivity index (χ1n) is 1.96. The first kappa shape index (κ1) is 8.07. The van der Waals surface area contributed by atoms with Crippen molar-refractivity contribution < 1.29 is 13.5 Å². The van der Waals surface area contributed by atoms with Crippen molar-refractivity contribution in [3.63, 3.8) is 0 Å². The molecule has 0 aromatic rings. The molecule has 0 aliphatic carbocycles.